The number of H-pyrrole nitrogens is 1. The van der Waals surface area contributed by atoms with Gasteiger partial charge in [0.2, 0.25) is 5.95 Å². The molecule has 0 saturated carbocycles. The van der Waals surface area contributed by atoms with Gasteiger partial charge in [0.1, 0.15) is 12.2 Å². The van der Waals surface area contributed by atoms with Crippen LogP contribution in [0.5, 0.6) is 0 Å². The van der Waals surface area contributed by atoms with Crippen LogP contribution >= 0.6 is 0 Å². The van der Waals surface area contributed by atoms with E-state index in [1.807, 2.05) is 0 Å². The van der Waals surface area contributed by atoms with E-state index in [9.17, 15) is 19.8 Å². The van der Waals surface area contributed by atoms with Gasteiger partial charge in [0.25, 0.3) is 5.56 Å². The van der Waals surface area contributed by atoms with Gasteiger partial charge in [0.15, 0.2) is 11.2 Å². The monoisotopic (exact) mass is 325 g/mol. The van der Waals surface area contributed by atoms with Gasteiger partial charge in [-0.25, -0.2) is 9.97 Å². The number of nitrogens with one attached hydrogen (secondary N) is 2. The fraction of sp³-hybridized carbons (Fsp3) is 0.417. The maximum atomic E-state index is 12.0. The third-order valence-corrected chi connectivity index (χ3v) is 2.92. The molecule has 11 heteroatoms. The molecule has 0 aliphatic carbocycles. The second kappa shape index (κ2) is 7.09. The van der Waals surface area contributed by atoms with Crippen molar-refractivity contribution < 1.29 is 25.2 Å². The lowest BCUT2D eigenvalue weighted by atomic mass is 10.1. The molecule has 0 saturated heterocycles. The molecule has 124 valence electrons. The van der Waals surface area contributed by atoms with E-state index >= 15 is 0 Å². The average Bonchev–Trinajstić information content (AvgIpc) is 2.53. The van der Waals surface area contributed by atoms with E-state index in [1.165, 1.54) is 0 Å². The fourth-order valence-electron chi connectivity index (χ4n) is 1.74. The van der Waals surface area contributed by atoms with Gasteiger partial charge in [-0.15, -0.1) is 0 Å². The SMILES string of the molecule is O=C(O)CCNc1nc2ncc(C(O)C(O)CO)nc2c(=O)[nH]1. The number of aliphatic hydroxyl groups is 3. The Labute approximate surface area is 128 Å². The first-order chi connectivity index (χ1) is 10.9. The molecule has 0 amide bonds. The van der Waals surface area contributed by atoms with Gasteiger partial charge in [0.05, 0.1) is 24.9 Å². The highest BCUT2D eigenvalue weighted by atomic mass is 16.4. The van der Waals surface area contributed by atoms with Gasteiger partial charge >= 0.3 is 5.97 Å². The van der Waals surface area contributed by atoms with Gasteiger partial charge in [-0.3, -0.25) is 14.6 Å². The van der Waals surface area contributed by atoms with E-state index in [1.54, 1.807) is 0 Å². The summed E-state index contributed by atoms with van der Waals surface area (Å²) in [5, 5.41) is 39.1. The second-order valence-corrected chi connectivity index (χ2v) is 4.65. The van der Waals surface area contributed by atoms with Crippen molar-refractivity contribution in [2.24, 2.45) is 0 Å². The normalized spacial score (nSPS) is 13.7. The van der Waals surface area contributed by atoms with Crippen LogP contribution < -0.4 is 10.9 Å². The lowest BCUT2D eigenvalue weighted by Crippen LogP contribution is -2.24. The summed E-state index contributed by atoms with van der Waals surface area (Å²) in [6.45, 7) is -0.612. The zero-order valence-electron chi connectivity index (χ0n) is 11.8. The van der Waals surface area contributed by atoms with Crippen molar-refractivity contribution in [3.8, 4) is 0 Å². The third kappa shape index (κ3) is 3.97. The Morgan fingerprint density at radius 2 is 2.09 bits per heavy atom. The number of aliphatic hydroxyl groups excluding tert-OH is 3. The minimum absolute atomic E-state index is 0.0130. The number of carbonyl (C=O) groups is 1. The van der Waals surface area contributed by atoms with Crippen molar-refractivity contribution in [2.45, 2.75) is 18.6 Å². The molecule has 23 heavy (non-hydrogen) atoms. The summed E-state index contributed by atoms with van der Waals surface area (Å²) in [4.78, 5) is 36.5. The third-order valence-electron chi connectivity index (χ3n) is 2.92. The molecule has 2 aromatic rings. The minimum atomic E-state index is -1.50. The molecule has 0 bridgehead atoms. The fourth-order valence-corrected chi connectivity index (χ4v) is 1.74. The van der Waals surface area contributed by atoms with E-state index in [0.717, 1.165) is 6.20 Å². The number of carboxylic acid groups (broad SMARTS) is 1. The highest BCUT2D eigenvalue weighted by Crippen LogP contribution is 2.15. The molecule has 0 aliphatic heterocycles. The van der Waals surface area contributed by atoms with E-state index < -0.39 is 30.3 Å². The predicted octanol–water partition coefficient (Wildman–Crippen LogP) is -2.01. The summed E-state index contributed by atoms with van der Waals surface area (Å²) in [5.41, 5.74) is -0.901. The summed E-state index contributed by atoms with van der Waals surface area (Å²) in [5.74, 6) is -0.955. The molecule has 0 aromatic carbocycles. The summed E-state index contributed by atoms with van der Waals surface area (Å²) >= 11 is 0. The number of aromatic amines is 1. The summed E-state index contributed by atoms with van der Waals surface area (Å²) < 4.78 is 0. The maximum Gasteiger partial charge on any atom is 0.305 e. The molecule has 6 N–H and O–H groups in total. The van der Waals surface area contributed by atoms with Gasteiger partial charge in [-0.1, -0.05) is 0 Å². The van der Waals surface area contributed by atoms with Crippen molar-refractivity contribution >= 4 is 23.1 Å². The smallest absolute Gasteiger partial charge is 0.305 e. The molecule has 2 unspecified atom stereocenters. The van der Waals surface area contributed by atoms with Gasteiger partial charge in [0, 0.05) is 6.54 Å². The molecule has 0 radical (unpaired) electrons. The molecule has 0 spiro atoms. The van der Waals surface area contributed by atoms with Crippen LogP contribution in [0, 0.1) is 0 Å². The molecule has 2 atom stereocenters. The summed E-state index contributed by atoms with van der Waals surface area (Å²) in [6.07, 6.45) is -1.98. The van der Waals surface area contributed by atoms with E-state index in [2.05, 4.69) is 25.3 Å². The molecule has 11 nitrogen and oxygen atoms in total. The van der Waals surface area contributed by atoms with Crippen molar-refractivity contribution in [1.29, 1.82) is 0 Å². The number of fused-ring (bicyclic) bond motifs is 1. The number of hydrogen-bond acceptors (Lipinski definition) is 9. The van der Waals surface area contributed by atoms with Crippen molar-refractivity contribution in [3.63, 3.8) is 0 Å². The number of aliphatic carboxylic acids is 1. The van der Waals surface area contributed by atoms with E-state index in [4.69, 9.17) is 10.2 Å². The first kappa shape index (κ1) is 16.7. The summed E-state index contributed by atoms with van der Waals surface area (Å²) in [7, 11) is 0. The molecule has 2 heterocycles. The van der Waals surface area contributed by atoms with Gasteiger partial charge < -0.3 is 25.7 Å². The lowest BCUT2D eigenvalue weighted by molar-refractivity contribution is -0.136. The second-order valence-electron chi connectivity index (χ2n) is 4.65. The topological polar surface area (TPSA) is 182 Å². The molecule has 2 aromatic heterocycles. The standard InChI is InChI=1S/C12H15N5O6/c18-4-6(19)9(22)5-3-14-10-8(15-5)11(23)17-12(16-10)13-2-1-7(20)21/h3,6,9,18-19,22H,1-2,4H2,(H,20,21)(H2,13,14,16,17,23). The quantitative estimate of drug-likeness (QED) is 0.332. The minimum Gasteiger partial charge on any atom is -0.481 e. The van der Waals surface area contributed by atoms with Crippen LogP contribution in [0.4, 0.5) is 5.95 Å². The molecule has 0 fully saturated rings. The van der Waals surface area contributed by atoms with Gasteiger partial charge in [-0.05, 0) is 0 Å². The number of nitrogens with zero attached hydrogens (tertiary/aromatic N) is 3. The molecule has 0 aliphatic rings. The molecular formula is C12H15N5O6. The Morgan fingerprint density at radius 1 is 1.35 bits per heavy atom. The molecular weight excluding hydrogens is 310 g/mol. The number of anilines is 1. The van der Waals surface area contributed by atoms with Crippen molar-refractivity contribution in [1.82, 2.24) is 19.9 Å². The Kier molecular flexibility index (Phi) is 5.16. The largest absolute Gasteiger partial charge is 0.481 e. The van der Waals surface area contributed by atoms with E-state index in [-0.39, 0.29) is 35.8 Å². The Balaban J connectivity index is 2.29. The van der Waals surface area contributed by atoms with Crippen molar-refractivity contribution in [3.05, 3.63) is 22.2 Å². The van der Waals surface area contributed by atoms with Gasteiger partial charge in [-0.2, -0.15) is 4.98 Å². The van der Waals surface area contributed by atoms with Crippen LogP contribution in [0.2, 0.25) is 0 Å². The van der Waals surface area contributed by atoms with Crippen molar-refractivity contribution in [2.75, 3.05) is 18.5 Å². The number of aromatic nitrogens is 4. The lowest BCUT2D eigenvalue weighted by Gasteiger charge is -2.14. The predicted molar refractivity (Wildman–Crippen MR) is 76.7 cm³/mol. The number of rotatable bonds is 7. The van der Waals surface area contributed by atoms with E-state index in [0.29, 0.717) is 0 Å². The molecule has 2 rings (SSSR count). The van der Waals surface area contributed by atoms with Crippen LogP contribution in [0.25, 0.3) is 11.2 Å². The number of carboxylic acids is 1. The highest BCUT2D eigenvalue weighted by Gasteiger charge is 2.20. The highest BCUT2D eigenvalue weighted by molar-refractivity contribution is 5.70. The Hall–Kier alpha value is -2.63. The van der Waals surface area contributed by atoms with Crippen LogP contribution in [0.3, 0.4) is 0 Å². The zero-order chi connectivity index (χ0) is 17.0. The Bertz CT molecular complexity index is 763. The van der Waals surface area contributed by atoms with Crippen LogP contribution in [-0.2, 0) is 4.79 Å². The number of hydrogen-bond donors (Lipinski definition) is 6. The first-order valence-corrected chi connectivity index (χ1v) is 6.62. The first-order valence-electron chi connectivity index (χ1n) is 6.62. The van der Waals surface area contributed by atoms with Crippen LogP contribution in [0.1, 0.15) is 18.2 Å². The summed E-state index contributed by atoms with van der Waals surface area (Å²) in [6, 6.07) is 0. The Morgan fingerprint density at radius 3 is 2.74 bits per heavy atom. The maximum absolute atomic E-state index is 12.0. The van der Waals surface area contributed by atoms with Crippen LogP contribution in [0.15, 0.2) is 11.0 Å². The van der Waals surface area contributed by atoms with Crippen LogP contribution in [-0.4, -0.2) is 65.6 Å². The zero-order valence-corrected chi connectivity index (χ0v) is 11.8. The average molecular weight is 325 g/mol.